The minimum Gasteiger partial charge on any atom is -0.352 e. The summed E-state index contributed by atoms with van der Waals surface area (Å²) in [5, 5.41) is 6.00. The molecule has 2 N–H and O–H groups in total. The molecule has 6 heteroatoms. The highest BCUT2D eigenvalue weighted by Crippen LogP contribution is 2.42. The minimum atomic E-state index is -1.10. The van der Waals surface area contributed by atoms with E-state index in [1.807, 2.05) is 43.3 Å². The number of amides is 4. The second kappa shape index (κ2) is 8.08. The number of hydrogen-bond acceptors (Lipinski definition) is 3. The number of fused-ring (bicyclic) bond motifs is 2. The van der Waals surface area contributed by atoms with E-state index in [0.717, 1.165) is 40.0 Å². The minimum absolute atomic E-state index is 0.00532. The van der Waals surface area contributed by atoms with E-state index in [1.54, 1.807) is 12.1 Å². The van der Waals surface area contributed by atoms with Gasteiger partial charge in [0.15, 0.2) is 0 Å². The van der Waals surface area contributed by atoms with Gasteiger partial charge in [-0.15, -0.1) is 6.42 Å². The van der Waals surface area contributed by atoms with Crippen LogP contribution in [0.1, 0.15) is 48.4 Å². The van der Waals surface area contributed by atoms with Crippen molar-refractivity contribution in [2.45, 2.75) is 56.7 Å². The second-order valence-electron chi connectivity index (χ2n) is 9.36. The quantitative estimate of drug-likeness (QED) is 0.535. The Morgan fingerprint density at radius 3 is 2.64 bits per heavy atom. The number of rotatable bonds is 6. The number of carbonyl (C=O) groups excluding carboxylic acids is 3. The van der Waals surface area contributed by atoms with E-state index in [4.69, 9.17) is 6.42 Å². The summed E-state index contributed by atoms with van der Waals surface area (Å²) in [6, 6.07) is 13.5. The zero-order chi connectivity index (χ0) is 23.2. The molecule has 2 aliphatic carbocycles. The number of benzene rings is 2. The van der Waals surface area contributed by atoms with Crippen LogP contribution in [0.3, 0.4) is 0 Å². The number of nitrogens with one attached hydrogen (secondary N) is 2. The third kappa shape index (κ3) is 3.68. The first-order valence-corrected chi connectivity index (χ1v) is 11.5. The van der Waals surface area contributed by atoms with E-state index < -0.39 is 17.6 Å². The summed E-state index contributed by atoms with van der Waals surface area (Å²) in [5.74, 6) is 2.38. The molecule has 5 rings (SSSR count). The van der Waals surface area contributed by atoms with E-state index in [2.05, 4.69) is 16.6 Å². The van der Waals surface area contributed by atoms with Gasteiger partial charge in [0, 0.05) is 18.0 Å². The summed E-state index contributed by atoms with van der Waals surface area (Å²) in [4.78, 5) is 41.6. The van der Waals surface area contributed by atoms with Gasteiger partial charge in [-0.3, -0.25) is 9.59 Å². The van der Waals surface area contributed by atoms with Gasteiger partial charge in [-0.25, -0.2) is 9.69 Å². The Labute approximate surface area is 193 Å². The fourth-order valence-electron chi connectivity index (χ4n) is 5.14. The zero-order valence-corrected chi connectivity index (χ0v) is 18.6. The number of aryl methyl sites for hydroxylation is 1. The van der Waals surface area contributed by atoms with Crippen molar-refractivity contribution in [2.75, 3.05) is 0 Å². The SMILES string of the molecule is C#Cc1ccc(CC(C(=O)N[C@@H](C)C2CC2)N2C(=O)N[C@]3(CCc4ccccc43)C2=O)cc1. The molecule has 1 spiro atoms. The summed E-state index contributed by atoms with van der Waals surface area (Å²) in [6.45, 7) is 1.98. The van der Waals surface area contributed by atoms with Crippen LogP contribution in [-0.4, -0.2) is 34.8 Å². The number of imide groups is 1. The molecular weight excluding hydrogens is 414 g/mol. The lowest BCUT2D eigenvalue weighted by Gasteiger charge is -2.28. The van der Waals surface area contributed by atoms with E-state index in [0.29, 0.717) is 18.8 Å². The van der Waals surface area contributed by atoms with Crippen LogP contribution in [0.25, 0.3) is 0 Å². The van der Waals surface area contributed by atoms with Crippen LogP contribution in [0.5, 0.6) is 0 Å². The molecule has 3 atom stereocenters. The maximum atomic E-state index is 13.8. The molecule has 0 aromatic heterocycles. The topological polar surface area (TPSA) is 78.5 Å². The third-order valence-electron chi connectivity index (χ3n) is 7.23. The van der Waals surface area contributed by atoms with Gasteiger partial charge in [0.2, 0.25) is 5.91 Å². The molecule has 33 heavy (non-hydrogen) atoms. The Balaban J connectivity index is 1.47. The standard InChI is InChI=1S/C27H27N3O3/c1-3-18-8-10-19(11-9-18)16-23(24(31)28-17(2)20-12-13-20)30-25(32)27(29-26(30)33)15-14-21-6-4-5-7-22(21)27/h1,4-11,17,20,23H,12-16H2,2H3,(H,28,31)(H,29,33)/t17-,23?,27-/m0/s1. The lowest BCUT2D eigenvalue weighted by Crippen LogP contribution is -2.53. The van der Waals surface area contributed by atoms with Crippen molar-refractivity contribution in [1.82, 2.24) is 15.5 Å². The van der Waals surface area contributed by atoms with Gasteiger partial charge in [0.05, 0.1) is 0 Å². The molecular formula is C27H27N3O3. The van der Waals surface area contributed by atoms with Gasteiger partial charge in [0.25, 0.3) is 5.91 Å². The first kappa shape index (κ1) is 21.3. The maximum Gasteiger partial charge on any atom is 0.326 e. The van der Waals surface area contributed by atoms with Crippen molar-refractivity contribution in [3.63, 3.8) is 0 Å². The monoisotopic (exact) mass is 441 g/mol. The van der Waals surface area contributed by atoms with Crippen LogP contribution < -0.4 is 10.6 Å². The van der Waals surface area contributed by atoms with Crippen LogP contribution in [0.4, 0.5) is 4.79 Å². The van der Waals surface area contributed by atoms with E-state index in [9.17, 15) is 14.4 Å². The van der Waals surface area contributed by atoms with Gasteiger partial charge in [0.1, 0.15) is 11.6 Å². The highest BCUT2D eigenvalue weighted by atomic mass is 16.2. The zero-order valence-electron chi connectivity index (χ0n) is 18.6. The molecule has 3 aliphatic rings. The van der Waals surface area contributed by atoms with Crippen molar-refractivity contribution in [1.29, 1.82) is 0 Å². The van der Waals surface area contributed by atoms with Gasteiger partial charge in [-0.2, -0.15) is 0 Å². The Hall–Kier alpha value is -3.59. The average Bonchev–Trinajstić information content (AvgIpc) is 3.57. The van der Waals surface area contributed by atoms with Crippen LogP contribution in [0.15, 0.2) is 48.5 Å². The Morgan fingerprint density at radius 1 is 1.21 bits per heavy atom. The molecule has 1 saturated carbocycles. The largest absolute Gasteiger partial charge is 0.352 e. The van der Waals surface area contributed by atoms with E-state index in [-0.39, 0.29) is 24.3 Å². The average molecular weight is 442 g/mol. The fourth-order valence-corrected chi connectivity index (χ4v) is 5.14. The predicted octanol–water partition coefficient (Wildman–Crippen LogP) is 2.89. The number of nitrogens with zero attached hydrogens (tertiary/aromatic N) is 1. The fraction of sp³-hybridized carbons (Fsp3) is 0.370. The van der Waals surface area contributed by atoms with E-state index in [1.165, 1.54) is 0 Å². The van der Waals surface area contributed by atoms with Crippen LogP contribution in [0.2, 0.25) is 0 Å². The van der Waals surface area contributed by atoms with Crippen molar-refractivity contribution in [3.05, 3.63) is 70.8 Å². The van der Waals surface area contributed by atoms with Crippen molar-refractivity contribution < 1.29 is 14.4 Å². The molecule has 168 valence electrons. The summed E-state index contributed by atoms with van der Waals surface area (Å²) >= 11 is 0. The molecule has 2 fully saturated rings. The third-order valence-corrected chi connectivity index (χ3v) is 7.23. The van der Waals surface area contributed by atoms with Crippen molar-refractivity contribution in [2.24, 2.45) is 5.92 Å². The maximum absolute atomic E-state index is 13.8. The van der Waals surface area contributed by atoms with Crippen LogP contribution in [-0.2, 0) is 28.0 Å². The van der Waals surface area contributed by atoms with Crippen LogP contribution >= 0.6 is 0 Å². The molecule has 4 amide bonds. The Bertz CT molecular complexity index is 1160. The van der Waals surface area contributed by atoms with E-state index >= 15 is 0 Å². The summed E-state index contributed by atoms with van der Waals surface area (Å²) in [7, 11) is 0. The first-order chi connectivity index (χ1) is 15.9. The first-order valence-electron chi connectivity index (χ1n) is 11.5. The van der Waals surface area contributed by atoms with Crippen molar-refractivity contribution >= 4 is 17.8 Å². The van der Waals surface area contributed by atoms with Gasteiger partial charge in [-0.05, 0) is 67.3 Å². The lowest BCUT2D eigenvalue weighted by molar-refractivity contribution is -0.139. The van der Waals surface area contributed by atoms with Gasteiger partial charge < -0.3 is 10.6 Å². The lowest BCUT2D eigenvalue weighted by atomic mass is 9.91. The van der Waals surface area contributed by atoms with Crippen LogP contribution in [0, 0.1) is 18.3 Å². The summed E-state index contributed by atoms with van der Waals surface area (Å²) < 4.78 is 0. The molecule has 2 aromatic carbocycles. The molecule has 1 heterocycles. The molecule has 1 saturated heterocycles. The highest BCUT2D eigenvalue weighted by Gasteiger charge is 2.57. The highest BCUT2D eigenvalue weighted by molar-refractivity contribution is 6.10. The predicted molar refractivity (Wildman–Crippen MR) is 124 cm³/mol. The smallest absolute Gasteiger partial charge is 0.326 e. The molecule has 0 bridgehead atoms. The number of hydrogen-bond donors (Lipinski definition) is 2. The molecule has 2 aromatic rings. The summed E-state index contributed by atoms with van der Waals surface area (Å²) in [6.07, 6.45) is 9.06. The summed E-state index contributed by atoms with van der Waals surface area (Å²) in [5.41, 5.74) is 2.36. The normalized spacial score (nSPS) is 23.1. The van der Waals surface area contributed by atoms with Gasteiger partial charge in [-0.1, -0.05) is 42.3 Å². The molecule has 1 aliphatic heterocycles. The van der Waals surface area contributed by atoms with Crippen molar-refractivity contribution in [3.8, 4) is 12.3 Å². The second-order valence-corrected chi connectivity index (χ2v) is 9.36. The Kier molecular flexibility index (Phi) is 5.20. The number of carbonyl (C=O) groups is 3. The van der Waals surface area contributed by atoms with Gasteiger partial charge >= 0.3 is 6.03 Å². The molecule has 1 unspecified atom stereocenters. The Morgan fingerprint density at radius 2 is 1.94 bits per heavy atom. The number of terminal acetylenes is 1. The number of urea groups is 1. The molecule has 6 nitrogen and oxygen atoms in total. The molecule has 0 radical (unpaired) electrons.